The van der Waals surface area contributed by atoms with Crippen LogP contribution in [0.3, 0.4) is 0 Å². The molecule has 0 bridgehead atoms. The van der Waals surface area contributed by atoms with Crippen molar-refractivity contribution in [3.8, 4) is 11.5 Å². The molecule has 140 valence electrons. The van der Waals surface area contributed by atoms with Gasteiger partial charge in [0.1, 0.15) is 18.1 Å². The van der Waals surface area contributed by atoms with E-state index in [1.165, 1.54) is 12.1 Å². The molecule has 1 atom stereocenters. The Labute approximate surface area is 160 Å². The highest BCUT2D eigenvalue weighted by atomic mass is 16.8. The van der Waals surface area contributed by atoms with Crippen LogP contribution < -0.4 is 14.7 Å². The van der Waals surface area contributed by atoms with Crippen LogP contribution in [0.1, 0.15) is 21.5 Å². The molecular formula is C21H16N2O5. The van der Waals surface area contributed by atoms with E-state index in [1.54, 1.807) is 60.9 Å². The van der Waals surface area contributed by atoms with Gasteiger partial charge < -0.3 is 14.7 Å². The van der Waals surface area contributed by atoms with Crippen molar-refractivity contribution in [1.82, 2.24) is 4.98 Å². The summed E-state index contributed by atoms with van der Waals surface area (Å²) in [5.74, 6) is 1.08. The quantitative estimate of drug-likeness (QED) is 0.525. The second-order valence-electron chi connectivity index (χ2n) is 6.17. The molecule has 0 fully saturated rings. The fourth-order valence-corrected chi connectivity index (χ4v) is 2.78. The van der Waals surface area contributed by atoms with E-state index in [4.69, 9.17) is 14.7 Å². The molecule has 4 rings (SSSR count). The van der Waals surface area contributed by atoms with Crippen molar-refractivity contribution in [3.63, 3.8) is 0 Å². The number of pyridine rings is 1. The summed E-state index contributed by atoms with van der Waals surface area (Å²) in [6, 6.07) is 15.1. The third kappa shape index (κ3) is 3.77. The highest BCUT2D eigenvalue weighted by Crippen LogP contribution is 2.35. The molecule has 3 aromatic rings. The van der Waals surface area contributed by atoms with Gasteiger partial charge in [0.25, 0.3) is 0 Å². The van der Waals surface area contributed by atoms with Crippen LogP contribution in [-0.4, -0.2) is 16.0 Å². The van der Waals surface area contributed by atoms with Gasteiger partial charge in [0.2, 0.25) is 5.78 Å². The number of rotatable bonds is 5. The molecule has 0 amide bonds. The van der Waals surface area contributed by atoms with Gasteiger partial charge in [-0.15, -0.1) is 0 Å². The Bertz CT molecular complexity index is 1030. The number of hydrogen-bond donors (Lipinski definition) is 2. The number of benzene rings is 2. The van der Waals surface area contributed by atoms with Gasteiger partial charge in [-0.25, -0.2) is 5.21 Å². The van der Waals surface area contributed by atoms with E-state index in [1.807, 2.05) is 0 Å². The maximum atomic E-state index is 12.5. The minimum atomic E-state index is -0.969. The third-order valence-corrected chi connectivity index (χ3v) is 4.25. The second-order valence-corrected chi connectivity index (χ2v) is 6.17. The zero-order chi connectivity index (χ0) is 19.5. The Morgan fingerprint density at radius 2 is 1.86 bits per heavy atom. The maximum absolute atomic E-state index is 12.5. The van der Waals surface area contributed by atoms with E-state index in [-0.39, 0.29) is 23.8 Å². The van der Waals surface area contributed by atoms with E-state index >= 15 is 0 Å². The minimum Gasteiger partial charge on any atom is -0.595 e. The molecule has 2 heterocycles. The lowest BCUT2D eigenvalue weighted by Crippen LogP contribution is -2.99. The van der Waals surface area contributed by atoms with Crippen molar-refractivity contribution in [2.75, 3.05) is 0 Å². The molecule has 1 unspecified atom stereocenters. The predicted octanol–water partition coefficient (Wildman–Crippen LogP) is 2.68. The molecule has 0 radical (unpaired) electrons. The molecule has 1 aromatic heterocycles. The number of ether oxygens (including phenoxy) is 2. The molecule has 1 aliphatic rings. The first kappa shape index (κ1) is 17.9. The fourth-order valence-electron chi connectivity index (χ4n) is 2.78. The monoisotopic (exact) mass is 376 g/mol. The number of carbonyl (C=O) groups is 1. The van der Waals surface area contributed by atoms with Crippen molar-refractivity contribution in [3.05, 3.63) is 94.6 Å². The Kier molecular flexibility index (Phi) is 4.86. The summed E-state index contributed by atoms with van der Waals surface area (Å²) < 4.78 is 11.4. The zero-order valence-electron chi connectivity index (χ0n) is 14.7. The van der Waals surface area contributed by atoms with Gasteiger partial charge in [-0.05, 0) is 53.6 Å². The lowest BCUT2D eigenvalue weighted by atomic mass is 10.1. The van der Waals surface area contributed by atoms with Gasteiger partial charge in [-0.2, -0.15) is 5.23 Å². The molecule has 28 heavy (non-hydrogen) atoms. The van der Waals surface area contributed by atoms with Crippen molar-refractivity contribution < 1.29 is 24.7 Å². The first-order chi connectivity index (χ1) is 13.6. The third-order valence-electron chi connectivity index (χ3n) is 4.25. The van der Waals surface area contributed by atoms with E-state index in [9.17, 15) is 10.0 Å². The number of quaternary nitrogens is 1. The Morgan fingerprint density at radius 1 is 1.11 bits per heavy atom. The number of nitrogens with one attached hydrogen (secondary N) is 1. The Morgan fingerprint density at radius 3 is 2.57 bits per heavy atom. The summed E-state index contributed by atoms with van der Waals surface area (Å²) in [6.45, 7) is 0.270. The van der Waals surface area contributed by atoms with E-state index in [0.29, 0.717) is 17.1 Å². The van der Waals surface area contributed by atoms with Crippen LogP contribution >= 0.6 is 0 Å². The van der Waals surface area contributed by atoms with E-state index in [0.717, 1.165) is 11.1 Å². The summed E-state index contributed by atoms with van der Waals surface area (Å²) in [5, 5.41) is 18.8. The van der Waals surface area contributed by atoms with E-state index in [2.05, 4.69) is 4.98 Å². The first-order valence-corrected chi connectivity index (χ1v) is 8.53. The molecule has 0 saturated heterocycles. The van der Waals surface area contributed by atoms with Crippen molar-refractivity contribution in [2.45, 2.75) is 6.61 Å². The average molecular weight is 376 g/mol. The zero-order valence-corrected chi connectivity index (χ0v) is 14.7. The topological polar surface area (TPSA) is 96.2 Å². The first-order valence-electron chi connectivity index (χ1n) is 8.53. The lowest BCUT2D eigenvalue weighted by molar-refractivity contribution is -0.991. The molecule has 2 aromatic carbocycles. The highest BCUT2D eigenvalue weighted by molar-refractivity contribution is 6.14. The number of carbonyl (C=O) groups excluding carboxylic acids is 1. The van der Waals surface area contributed by atoms with Crippen molar-refractivity contribution in [1.29, 1.82) is 0 Å². The molecule has 0 spiro atoms. The number of aromatic nitrogens is 1. The summed E-state index contributed by atoms with van der Waals surface area (Å²) in [6.07, 6.45) is 4.97. The smallest absolute Gasteiger partial charge is 0.231 e. The number of allylic oxidation sites excluding steroid dienone is 1. The SMILES string of the molecule is O=C1C(=Cc2ccncc2)Oc2cc(OCc3ccc([NH+]([O-])O)cc3)ccc21. The number of nitrogens with zero attached hydrogens (tertiary/aromatic N) is 1. The number of Topliss-reactive ketones (excluding diaryl/α,β-unsaturated/α-hetero) is 1. The van der Waals surface area contributed by atoms with Crippen LogP contribution in [0, 0.1) is 5.21 Å². The standard InChI is InChI=1S/C21H16N2O5/c24-21-18-6-5-17(27-13-15-1-3-16(4-2-15)23(25)26)12-19(18)28-20(21)11-14-7-9-22-10-8-14/h1-12,23,25H,13H2. The molecule has 1 aliphatic heterocycles. The minimum absolute atomic E-state index is 0.178. The average Bonchev–Trinajstić information content (AvgIpc) is 3.02. The molecule has 0 aliphatic carbocycles. The molecular weight excluding hydrogens is 360 g/mol. The Hall–Kier alpha value is -3.52. The van der Waals surface area contributed by atoms with Gasteiger partial charge in [0.05, 0.1) is 5.56 Å². The lowest BCUT2D eigenvalue weighted by Gasteiger charge is -2.12. The van der Waals surface area contributed by atoms with Gasteiger partial charge in [0, 0.05) is 30.6 Å². The normalized spacial score (nSPS) is 15.2. The van der Waals surface area contributed by atoms with Gasteiger partial charge in [-0.1, -0.05) is 0 Å². The van der Waals surface area contributed by atoms with Gasteiger partial charge in [0.15, 0.2) is 11.4 Å². The van der Waals surface area contributed by atoms with Gasteiger partial charge >= 0.3 is 0 Å². The molecule has 7 nitrogen and oxygen atoms in total. The van der Waals surface area contributed by atoms with Crippen molar-refractivity contribution >= 4 is 17.5 Å². The van der Waals surface area contributed by atoms with E-state index < -0.39 is 5.23 Å². The van der Waals surface area contributed by atoms with Crippen molar-refractivity contribution in [2.24, 2.45) is 0 Å². The molecule has 7 heteroatoms. The largest absolute Gasteiger partial charge is 0.595 e. The van der Waals surface area contributed by atoms with Crippen LogP contribution in [0.25, 0.3) is 6.08 Å². The number of ketones is 1. The molecule has 0 saturated carbocycles. The van der Waals surface area contributed by atoms with Crippen LogP contribution in [0.4, 0.5) is 5.69 Å². The Balaban J connectivity index is 1.46. The summed E-state index contributed by atoms with van der Waals surface area (Å²) >= 11 is 0. The predicted molar refractivity (Wildman–Crippen MR) is 100 cm³/mol. The van der Waals surface area contributed by atoms with Crippen LogP contribution in [-0.2, 0) is 6.61 Å². The number of hydrogen-bond acceptors (Lipinski definition) is 6. The summed E-state index contributed by atoms with van der Waals surface area (Å²) in [5.41, 5.74) is 2.37. The highest BCUT2D eigenvalue weighted by Gasteiger charge is 2.27. The fraction of sp³-hybridized carbons (Fsp3) is 0.0476. The second kappa shape index (κ2) is 7.61. The number of fused-ring (bicyclic) bond motifs is 1. The van der Waals surface area contributed by atoms with Gasteiger partial charge in [-0.3, -0.25) is 9.78 Å². The summed E-state index contributed by atoms with van der Waals surface area (Å²) in [4.78, 5) is 16.4. The van der Waals surface area contributed by atoms with Crippen LogP contribution in [0.2, 0.25) is 0 Å². The van der Waals surface area contributed by atoms with Crippen LogP contribution in [0.15, 0.2) is 72.8 Å². The van der Waals surface area contributed by atoms with Crippen LogP contribution in [0.5, 0.6) is 11.5 Å². The molecule has 2 N–H and O–H groups in total. The maximum Gasteiger partial charge on any atom is 0.231 e. The summed E-state index contributed by atoms with van der Waals surface area (Å²) in [7, 11) is 0.